The molecule has 0 aliphatic heterocycles. The maximum absolute atomic E-state index is 13.0. The Kier molecular flexibility index (Phi) is 4.46. The number of aliphatic hydroxyl groups is 1. The molecule has 19 heavy (non-hydrogen) atoms. The average Bonchev–Trinajstić information content (AvgIpc) is 2.32. The molecule has 0 spiro atoms. The molecule has 0 bridgehead atoms. The van der Waals surface area contributed by atoms with Crippen LogP contribution in [0.15, 0.2) is 36.4 Å². The van der Waals surface area contributed by atoms with E-state index in [2.05, 4.69) is 0 Å². The van der Waals surface area contributed by atoms with Crippen molar-refractivity contribution in [1.82, 2.24) is 0 Å². The third-order valence-electron chi connectivity index (χ3n) is 3.05. The monoisotopic (exact) mass is 298 g/mol. The van der Waals surface area contributed by atoms with Gasteiger partial charge in [0.15, 0.2) is 0 Å². The van der Waals surface area contributed by atoms with E-state index < -0.39 is 6.10 Å². The van der Waals surface area contributed by atoms with E-state index >= 15 is 0 Å². The highest BCUT2D eigenvalue weighted by atomic mass is 35.5. The van der Waals surface area contributed by atoms with Crippen molar-refractivity contribution in [2.24, 2.45) is 0 Å². The fourth-order valence-electron chi connectivity index (χ4n) is 2.03. The highest BCUT2D eigenvalue weighted by Crippen LogP contribution is 2.32. The Labute approximate surface area is 121 Å². The second-order valence-corrected chi connectivity index (χ2v) is 5.24. The van der Waals surface area contributed by atoms with E-state index in [0.717, 1.165) is 11.1 Å². The molecule has 100 valence electrons. The standard InChI is InChI=1S/C15H13Cl2FO/c1-9-7-11(18)6-5-10(9)8-14(19)15-12(16)3-2-4-13(15)17/h2-7,14,19H,8H2,1H3. The lowest BCUT2D eigenvalue weighted by molar-refractivity contribution is 0.178. The Balaban J connectivity index is 2.28. The van der Waals surface area contributed by atoms with E-state index in [1.54, 1.807) is 31.2 Å². The fraction of sp³-hybridized carbons (Fsp3) is 0.200. The van der Waals surface area contributed by atoms with E-state index in [4.69, 9.17) is 23.2 Å². The van der Waals surface area contributed by atoms with E-state index in [0.29, 0.717) is 22.0 Å². The zero-order valence-corrected chi connectivity index (χ0v) is 11.8. The summed E-state index contributed by atoms with van der Waals surface area (Å²) in [6, 6.07) is 9.58. The second kappa shape index (κ2) is 5.91. The molecule has 1 atom stereocenters. The summed E-state index contributed by atoms with van der Waals surface area (Å²) < 4.78 is 13.0. The van der Waals surface area contributed by atoms with Crippen molar-refractivity contribution in [2.45, 2.75) is 19.4 Å². The third kappa shape index (κ3) is 3.27. The summed E-state index contributed by atoms with van der Waals surface area (Å²) in [5.41, 5.74) is 2.17. The topological polar surface area (TPSA) is 20.2 Å². The number of rotatable bonds is 3. The van der Waals surface area contributed by atoms with Crippen LogP contribution in [0.4, 0.5) is 4.39 Å². The van der Waals surface area contributed by atoms with Crippen molar-refractivity contribution in [1.29, 1.82) is 0 Å². The normalized spacial score (nSPS) is 12.5. The first-order chi connectivity index (χ1) is 8.99. The van der Waals surface area contributed by atoms with Crippen LogP contribution in [0.1, 0.15) is 22.8 Å². The molecule has 0 saturated heterocycles. The molecule has 0 amide bonds. The number of benzene rings is 2. The Morgan fingerprint density at radius 2 is 1.79 bits per heavy atom. The maximum Gasteiger partial charge on any atom is 0.123 e. The lowest BCUT2D eigenvalue weighted by atomic mass is 9.98. The molecule has 0 saturated carbocycles. The van der Waals surface area contributed by atoms with Crippen molar-refractivity contribution in [3.63, 3.8) is 0 Å². The van der Waals surface area contributed by atoms with Crippen LogP contribution < -0.4 is 0 Å². The summed E-state index contributed by atoms with van der Waals surface area (Å²) in [4.78, 5) is 0. The molecular formula is C15H13Cl2FO. The zero-order valence-electron chi connectivity index (χ0n) is 10.3. The molecule has 0 heterocycles. The number of hydrogen-bond donors (Lipinski definition) is 1. The quantitative estimate of drug-likeness (QED) is 0.869. The first-order valence-electron chi connectivity index (χ1n) is 5.86. The first kappa shape index (κ1) is 14.3. The Morgan fingerprint density at radius 1 is 1.16 bits per heavy atom. The number of aliphatic hydroxyl groups excluding tert-OH is 1. The molecule has 0 aromatic heterocycles. The lowest BCUT2D eigenvalue weighted by Gasteiger charge is -2.15. The van der Waals surface area contributed by atoms with Crippen molar-refractivity contribution in [3.05, 3.63) is 69.0 Å². The Morgan fingerprint density at radius 3 is 2.37 bits per heavy atom. The molecule has 1 N–H and O–H groups in total. The van der Waals surface area contributed by atoms with Crippen LogP contribution >= 0.6 is 23.2 Å². The summed E-state index contributed by atoms with van der Waals surface area (Å²) in [7, 11) is 0. The van der Waals surface area contributed by atoms with Crippen LogP contribution in [0.5, 0.6) is 0 Å². The molecule has 2 aromatic rings. The summed E-state index contributed by atoms with van der Waals surface area (Å²) in [6.07, 6.45) is -0.472. The van der Waals surface area contributed by atoms with Gasteiger partial charge in [-0.3, -0.25) is 0 Å². The molecule has 0 fully saturated rings. The molecule has 2 rings (SSSR count). The minimum Gasteiger partial charge on any atom is -0.388 e. The van der Waals surface area contributed by atoms with Gasteiger partial charge in [-0.05, 0) is 42.3 Å². The Bertz CT molecular complexity index is 578. The third-order valence-corrected chi connectivity index (χ3v) is 3.71. The highest BCUT2D eigenvalue weighted by Gasteiger charge is 2.16. The van der Waals surface area contributed by atoms with Crippen LogP contribution in [-0.4, -0.2) is 5.11 Å². The summed E-state index contributed by atoms with van der Waals surface area (Å²) in [6.45, 7) is 1.80. The van der Waals surface area contributed by atoms with Gasteiger partial charge in [-0.25, -0.2) is 4.39 Å². The van der Waals surface area contributed by atoms with Gasteiger partial charge >= 0.3 is 0 Å². The van der Waals surface area contributed by atoms with Gasteiger partial charge in [0.05, 0.1) is 6.10 Å². The van der Waals surface area contributed by atoms with Gasteiger partial charge in [0, 0.05) is 22.0 Å². The van der Waals surface area contributed by atoms with E-state index in [1.165, 1.54) is 12.1 Å². The van der Waals surface area contributed by atoms with Gasteiger partial charge in [0.25, 0.3) is 0 Å². The molecule has 4 heteroatoms. The van der Waals surface area contributed by atoms with Gasteiger partial charge in [-0.2, -0.15) is 0 Å². The SMILES string of the molecule is Cc1cc(F)ccc1CC(O)c1c(Cl)cccc1Cl. The Hall–Kier alpha value is -1.09. The predicted molar refractivity (Wildman–Crippen MR) is 76.3 cm³/mol. The van der Waals surface area contributed by atoms with Gasteiger partial charge in [-0.15, -0.1) is 0 Å². The smallest absolute Gasteiger partial charge is 0.123 e. The molecule has 0 radical (unpaired) electrons. The van der Waals surface area contributed by atoms with Gasteiger partial charge < -0.3 is 5.11 Å². The average molecular weight is 299 g/mol. The van der Waals surface area contributed by atoms with Gasteiger partial charge in [0.1, 0.15) is 5.82 Å². The van der Waals surface area contributed by atoms with Crippen LogP contribution in [0.2, 0.25) is 10.0 Å². The number of halogens is 3. The maximum atomic E-state index is 13.0. The van der Waals surface area contributed by atoms with E-state index in [1.807, 2.05) is 0 Å². The minimum absolute atomic E-state index is 0.286. The number of hydrogen-bond acceptors (Lipinski definition) is 1. The molecule has 0 aliphatic rings. The summed E-state index contributed by atoms with van der Waals surface area (Å²) in [5.74, 6) is -0.286. The molecule has 1 unspecified atom stereocenters. The van der Waals surface area contributed by atoms with Crippen molar-refractivity contribution in [2.75, 3.05) is 0 Å². The van der Waals surface area contributed by atoms with Crippen molar-refractivity contribution < 1.29 is 9.50 Å². The summed E-state index contributed by atoms with van der Waals surface area (Å²) >= 11 is 12.1. The highest BCUT2D eigenvalue weighted by molar-refractivity contribution is 6.36. The van der Waals surface area contributed by atoms with Crippen LogP contribution in [-0.2, 0) is 6.42 Å². The molecule has 2 aromatic carbocycles. The fourth-order valence-corrected chi connectivity index (χ4v) is 2.68. The summed E-state index contributed by atoms with van der Waals surface area (Å²) in [5, 5.41) is 11.1. The van der Waals surface area contributed by atoms with Crippen LogP contribution in [0.3, 0.4) is 0 Å². The second-order valence-electron chi connectivity index (χ2n) is 4.43. The molecular weight excluding hydrogens is 286 g/mol. The van der Waals surface area contributed by atoms with Crippen molar-refractivity contribution in [3.8, 4) is 0 Å². The lowest BCUT2D eigenvalue weighted by Crippen LogP contribution is -2.05. The predicted octanol–water partition coefficient (Wildman–Crippen LogP) is 4.72. The van der Waals surface area contributed by atoms with Crippen LogP contribution in [0, 0.1) is 12.7 Å². The van der Waals surface area contributed by atoms with E-state index in [-0.39, 0.29) is 5.82 Å². The first-order valence-corrected chi connectivity index (χ1v) is 6.61. The van der Waals surface area contributed by atoms with E-state index in [9.17, 15) is 9.50 Å². The van der Waals surface area contributed by atoms with Gasteiger partial charge in [-0.1, -0.05) is 35.3 Å². The van der Waals surface area contributed by atoms with Crippen molar-refractivity contribution >= 4 is 23.2 Å². The largest absolute Gasteiger partial charge is 0.388 e. The van der Waals surface area contributed by atoms with Crippen LogP contribution in [0.25, 0.3) is 0 Å². The minimum atomic E-state index is -0.814. The molecule has 1 nitrogen and oxygen atoms in total. The molecule has 0 aliphatic carbocycles. The van der Waals surface area contributed by atoms with Gasteiger partial charge in [0.2, 0.25) is 0 Å². The zero-order chi connectivity index (χ0) is 14.0. The number of aryl methyl sites for hydroxylation is 1.